The Kier molecular flexibility index (Phi) is 3.56. The summed E-state index contributed by atoms with van der Waals surface area (Å²) in [5.41, 5.74) is 0.774. The van der Waals surface area contributed by atoms with Crippen LogP contribution in [0.25, 0.3) is 0 Å². The summed E-state index contributed by atoms with van der Waals surface area (Å²) in [4.78, 5) is 12.2. The molecule has 15 heavy (non-hydrogen) atoms. The van der Waals surface area contributed by atoms with Crippen LogP contribution >= 0.6 is 27.3 Å². The van der Waals surface area contributed by atoms with Crippen LogP contribution in [0.5, 0.6) is 0 Å². The third kappa shape index (κ3) is 2.15. The van der Waals surface area contributed by atoms with E-state index in [0.29, 0.717) is 13.2 Å². The van der Waals surface area contributed by atoms with Gasteiger partial charge in [-0.2, -0.15) is 11.3 Å². The topological polar surface area (TPSA) is 38.3 Å². The molecule has 1 aliphatic heterocycles. The van der Waals surface area contributed by atoms with E-state index >= 15 is 0 Å². The Morgan fingerprint density at radius 1 is 1.60 bits per heavy atom. The summed E-state index contributed by atoms with van der Waals surface area (Å²) in [6.45, 7) is 1.14. The number of ketones is 1. The van der Waals surface area contributed by atoms with Gasteiger partial charge in [-0.25, -0.2) is 0 Å². The van der Waals surface area contributed by atoms with Gasteiger partial charge in [0.15, 0.2) is 5.78 Å². The highest BCUT2D eigenvalue weighted by Gasteiger charge is 2.34. The highest BCUT2D eigenvalue weighted by molar-refractivity contribution is 9.10. The lowest BCUT2D eigenvalue weighted by atomic mass is 9.95. The quantitative estimate of drug-likeness (QED) is 0.864. The second kappa shape index (κ2) is 4.74. The molecule has 0 amide bonds. The van der Waals surface area contributed by atoms with E-state index in [1.165, 1.54) is 11.3 Å². The molecule has 1 saturated heterocycles. The SMILES string of the molecule is CNC1COCC1C(=O)c1cscc1Br. The zero-order valence-electron chi connectivity index (χ0n) is 8.33. The molecular weight excluding hydrogens is 278 g/mol. The van der Waals surface area contributed by atoms with Gasteiger partial charge in [-0.15, -0.1) is 0 Å². The van der Waals surface area contributed by atoms with Crippen LogP contribution in [0.2, 0.25) is 0 Å². The predicted molar refractivity (Wildman–Crippen MR) is 63.5 cm³/mol. The standard InChI is InChI=1S/C10H12BrNO2S/c1-12-9-3-14-2-6(9)10(13)7-4-15-5-8(7)11/h4-6,9,12H,2-3H2,1H3. The highest BCUT2D eigenvalue weighted by atomic mass is 79.9. The molecule has 2 atom stereocenters. The van der Waals surface area contributed by atoms with Gasteiger partial charge in [0.1, 0.15) is 0 Å². The van der Waals surface area contributed by atoms with E-state index in [1.54, 1.807) is 0 Å². The summed E-state index contributed by atoms with van der Waals surface area (Å²) in [5, 5.41) is 6.93. The van der Waals surface area contributed by atoms with Crippen molar-refractivity contribution < 1.29 is 9.53 Å². The average molecular weight is 290 g/mol. The number of ether oxygens (including phenoxy) is 1. The lowest BCUT2D eigenvalue weighted by Crippen LogP contribution is -2.36. The van der Waals surface area contributed by atoms with Crippen molar-refractivity contribution in [3.05, 3.63) is 20.8 Å². The second-order valence-electron chi connectivity index (χ2n) is 3.54. The Balaban J connectivity index is 2.18. The van der Waals surface area contributed by atoms with Gasteiger partial charge in [0.2, 0.25) is 0 Å². The average Bonchev–Trinajstić information content (AvgIpc) is 2.84. The number of hydrogen-bond acceptors (Lipinski definition) is 4. The lowest BCUT2D eigenvalue weighted by Gasteiger charge is -2.14. The van der Waals surface area contributed by atoms with Gasteiger partial charge in [-0.1, -0.05) is 0 Å². The van der Waals surface area contributed by atoms with E-state index < -0.39 is 0 Å². The fourth-order valence-electron chi connectivity index (χ4n) is 1.75. The Morgan fingerprint density at radius 3 is 3.00 bits per heavy atom. The maximum atomic E-state index is 12.2. The number of rotatable bonds is 3. The van der Waals surface area contributed by atoms with Gasteiger partial charge in [0.25, 0.3) is 0 Å². The van der Waals surface area contributed by atoms with Crippen molar-refractivity contribution >= 4 is 33.0 Å². The Morgan fingerprint density at radius 2 is 2.40 bits per heavy atom. The molecule has 2 heterocycles. The fraction of sp³-hybridized carbons (Fsp3) is 0.500. The number of thiophene rings is 1. The first-order valence-corrected chi connectivity index (χ1v) is 6.48. The van der Waals surface area contributed by atoms with E-state index in [4.69, 9.17) is 4.74 Å². The molecule has 82 valence electrons. The second-order valence-corrected chi connectivity index (χ2v) is 5.13. The van der Waals surface area contributed by atoms with E-state index in [1.807, 2.05) is 17.8 Å². The van der Waals surface area contributed by atoms with E-state index in [0.717, 1.165) is 10.0 Å². The minimum Gasteiger partial charge on any atom is -0.379 e. The van der Waals surface area contributed by atoms with Gasteiger partial charge in [-0.05, 0) is 23.0 Å². The number of halogens is 1. The highest BCUT2D eigenvalue weighted by Crippen LogP contribution is 2.27. The number of carbonyl (C=O) groups is 1. The third-order valence-corrected chi connectivity index (χ3v) is 4.37. The number of hydrogen-bond donors (Lipinski definition) is 1. The van der Waals surface area contributed by atoms with Crippen LogP contribution in [0.1, 0.15) is 10.4 Å². The molecule has 3 nitrogen and oxygen atoms in total. The van der Waals surface area contributed by atoms with Crippen LogP contribution in [-0.2, 0) is 4.74 Å². The van der Waals surface area contributed by atoms with E-state index in [-0.39, 0.29) is 17.7 Å². The van der Waals surface area contributed by atoms with Crippen LogP contribution < -0.4 is 5.32 Å². The molecular formula is C10H12BrNO2S. The molecule has 1 fully saturated rings. The summed E-state index contributed by atoms with van der Waals surface area (Å²) in [7, 11) is 1.86. The largest absolute Gasteiger partial charge is 0.379 e. The first-order chi connectivity index (χ1) is 7.24. The Bertz CT molecular complexity index is 366. The lowest BCUT2D eigenvalue weighted by molar-refractivity contribution is 0.0892. The molecule has 0 spiro atoms. The third-order valence-electron chi connectivity index (χ3n) is 2.67. The summed E-state index contributed by atoms with van der Waals surface area (Å²) >= 11 is 4.92. The molecule has 2 unspecified atom stereocenters. The van der Waals surface area contributed by atoms with Gasteiger partial charge in [0, 0.05) is 26.8 Å². The predicted octanol–water partition coefficient (Wildman–Crippen LogP) is 1.93. The maximum absolute atomic E-state index is 12.2. The molecule has 0 saturated carbocycles. The zero-order valence-corrected chi connectivity index (χ0v) is 10.7. The van der Waals surface area contributed by atoms with Crippen LogP contribution in [0, 0.1) is 5.92 Å². The van der Waals surface area contributed by atoms with Crippen LogP contribution in [0.3, 0.4) is 0 Å². The normalized spacial score (nSPS) is 25.7. The molecule has 0 aromatic carbocycles. The summed E-state index contributed by atoms with van der Waals surface area (Å²) in [6.07, 6.45) is 0. The summed E-state index contributed by atoms with van der Waals surface area (Å²) in [5.74, 6) is 0.112. The molecule has 0 radical (unpaired) electrons. The van der Waals surface area contributed by atoms with Gasteiger partial charge < -0.3 is 10.1 Å². The van der Waals surface area contributed by atoms with Crippen molar-refractivity contribution in [3.8, 4) is 0 Å². The van der Waals surface area contributed by atoms with Crippen LogP contribution in [-0.4, -0.2) is 32.1 Å². The first-order valence-electron chi connectivity index (χ1n) is 4.75. The van der Waals surface area contributed by atoms with Crippen molar-refractivity contribution in [1.29, 1.82) is 0 Å². The minimum atomic E-state index is -0.0547. The first kappa shape index (κ1) is 11.3. The number of nitrogens with one attached hydrogen (secondary N) is 1. The minimum absolute atomic E-state index is 0.0547. The van der Waals surface area contributed by atoms with Gasteiger partial charge in [0.05, 0.1) is 19.1 Å². The van der Waals surface area contributed by atoms with Crippen LogP contribution in [0.4, 0.5) is 0 Å². The van der Waals surface area contributed by atoms with Crippen molar-refractivity contribution in [2.45, 2.75) is 6.04 Å². The molecule has 0 bridgehead atoms. The smallest absolute Gasteiger partial charge is 0.171 e. The van der Waals surface area contributed by atoms with Crippen molar-refractivity contribution in [2.24, 2.45) is 5.92 Å². The number of likely N-dealkylation sites (N-methyl/N-ethyl adjacent to an activating group) is 1. The number of carbonyl (C=O) groups excluding carboxylic acids is 1. The maximum Gasteiger partial charge on any atom is 0.171 e. The molecule has 0 aliphatic carbocycles. The van der Waals surface area contributed by atoms with Crippen molar-refractivity contribution in [2.75, 3.05) is 20.3 Å². The van der Waals surface area contributed by atoms with E-state index in [2.05, 4.69) is 21.2 Å². The number of Topliss-reactive ketones (excluding diaryl/α,β-unsaturated/α-hetero) is 1. The van der Waals surface area contributed by atoms with E-state index in [9.17, 15) is 4.79 Å². The Hall–Kier alpha value is -0.230. The summed E-state index contributed by atoms with van der Waals surface area (Å²) < 4.78 is 6.21. The molecule has 5 heteroatoms. The van der Waals surface area contributed by atoms with Crippen LogP contribution in [0.15, 0.2) is 15.2 Å². The van der Waals surface area contributed by atoms with Crippen molar-refractivity contribution in [3.63, 3.8) is 0 Å². The molecule has 1 aromatic heterocycles. The fourth-order valence-corrected chi connectivity index (χ4v) is 3.23. The zero-order chi connectivity index (χ0) is 10.8. The Labute approximate surface area is 101 Å². The molecule has 1 N–H and O–H groups in total. The summed E-state index contributed by atoms with van der Waals surface area (Å²) in [6, 6.07) is 0.143. The van der Waals surface area contributed by atoms with Gasteiger partial charge >= 0.3 is 0 Å². The molecule has 2 rings (SSSR count). The van der Waals surface area contributed by atoms with Crippen molar-refractivity contribution in [1.82, 2.24) is 5.32 Å². The molecule has 1 aliphatic rings. The van der Waals surface area contributed by atoms with Gasteiger partial charge in [-0.3, -0.25) is 4.79 Å². The molecule has 1 aromatic rings. The monoisotopic (exact) mass is 289 g/mol.